The van der Waals surface area contributed by atoms with Gasteiger partial charge in [-0.25, -0.2) is 9.36 Å². The number of ketones is 1. The van der Waals surface area contributed by atoms with Crippen molar-refractivity contribution in [3.63, 3.8) is 0 Å². The second-order valence-electron chi connectivity index (χ2n) is 11.3. The molecule has 4 aromatic rings. The fourth-order valence-corrected chi connectivity index (χ4v) is 6.35. The van der Waals surface area contributed by atoms with E-state index < -0.39 is 19.7 Å². The fraction of sp³-hybridized carbons (Fsp3) is 0.265. The van der Waals surface area contributed by atoms with Crippen molar-refractivity contribution in [2.24, 2.45) is 0 Å². The number of carbonyl (C=O) groups excluding carboxylic acids is 2. The van der Waals surface area contributed by atoms with E-state index in [0.29, 0.717) is 39.4 Å². The van der Waals surface area contributed by atoms with E-state index in [4.69, 9.17) is 20.0 Å². The zero-order valence-electron chi connectivity index (χ0n) is 28.0. The van der Waals surface area contributed by atoms with Gasteiger partial charge in [0.1, 0.15) is 28.6 Å². The number of nitrogens with one attached hydrogen (secondary N) is 5. The van der Waals surface area contributed by atoms with Crippen molar-refractivity contribution in [3.8, 4) is 11.8 Å². The molecule has 2 atom stereocenters. The van der Waals surface area contributed by atoms with Gasteiger partial charge in [0, 0.05) is 23.6 Å². The van der Waals surface area contributed by atoms with Crippen molar-refractivity contribution in [1.29, 1.82) is 5.26 Å². The van der Waals surface area contributed by atoms with Gasteiger partial charge in [0.25, 0.3) is 0 Å². The van der Waals surface area contributed by atoms with Gasteiger partial charge < -0.3 is 31.5 Å². The molecular weight excluding hydrogens is 725 g/mol. The number of carbonyl (C=O) groups is 2. The summed E-state index contributed by atoms with van der Waals surface area (Å²) in [4.78, 5) is 33.2. The SMILES string of the molecule is CC(=O)[C@H](C)NCOP(=O)(CCCNC(=O)Nc1cc(C)c(Nc2nc(Nc3ccc(C#N)cc3)nc(N)c2Br)c(C)c1)Oc1ccccc1. The molecule has 16 heteroatoms. The predicted octanol–water partition coefficient (Wildman–Crippen LogP) is 7.12. The Morgan fingerprint density at radius 3 is 2.34 bits per heavy atom. The molecule has 0 saturated heterocycles. The highest BCUT2D eigenvalue weighted by atomic mass is 79.9. The van der Waals surface area contributed by atoms with Gasteiger partial charge in [-0.15, -0.1) is 0 Å². The van der Waals surface area contributed by atoms with Gasteiger partial charge >= 0.3 is 13.6 Å². The number of hydrogen-bond acceptors (Lipinski definition) is 12. The van der Waals surface area contributed by atoms with Crippen molar-refractivity contribution in [1.82, 2.24) is 20.6 Å². The fourth-order valence-electron chi connectivity index (χ4n) is 4.54. The summed E-state index contributed by atoms with van der Waals surface area (Å²) in [6.45, 7) is 6.99. The molecule has 0 aliphatic heterocycles. The zero-order valence-corrected chi connectivity index (χ0v) is 30.5. The lowest BCUT2D eigenvalue weighted by Crippen LogP contribution is -2.34. The molecule has 0 bridgehead atoms. The molecular formula is C34H39BrN9O5P. The Labute approximate surface area is 299 Å². The normalized spacial score (nSPS) is 12.6. The lowest BCUT2D eigenvalue weighted by atomic mass is 10.1. The number of nitriles is 1. The molecule has 3 aromatic carbocycles. The highest BCUT2D eigenvalue weighted by molar-refractivity contribution is 9.10. The summed E-state index contributed by atoms with van der Waals surface area (Å²) >= 11 is 3.46. The number of anilines is 6. The maximum Gasteiger partial charge on any atom is 0.380 e. The largest absolute Gasteiger partial charge is 0.424 e. The first-order valence-corrected chi connectivity index (χ1v) is 18.1. The van der Waals surface area contributed by atoms with E-state index in [-0.39, 0.29) is 37.0 Å². The average molecular weight is 765 g/mol. The van der Waals surface area contributed by atoms with E-state index in [9.17, 15) is 14.2 Å². The van der Waals surface area contributed by atoms with Gasteiger partial charge in [0.15, 0.2) is 5.82 Å². The molecule has 0 fully saturated rings. The number of benzene rings is 3. The van der Waals surface area contributed by atoms with Crippen LogP contribution in [0.25, 0.3) is 0 Å². The first-order valence-electron chi connectivity index (χ1n) is 15.6. The van der Waals surface area contributed by atoms with Crippen molar-refractivity contribution in [2.75, 3.05) is 41.1 Å². The number of nitrogen functional groups attached to an aromatic ring is 1. The molecule has 1 unspecified atom stereocenters. The summed E-state index contributed by atoms with van der Waals surface area (Å²) in [7, 11) is -3.62. The first-order chi connectivity index (χ1) is 23.9. The van der Waals surface area contributed by atoms with E-state index in [1.54, 1.807) is 55.5 Å². The number of aromatic nitrogens is 2. The monoisotopic (exact) mass is 763 g/mol. The molecule has 1 heterocycles. The van der Waals surface area contributed by atoms with Crippen LogP contribution in [-0.4, -0.2) is 47.3 Å². The molecule has 50 heavy (non-hydrogen) atoms. The maximum absolute atomic E-state index is 13.5. The van der Waals surface area contributed by atoms with E-state index in [1.807, 2.05) is 32.0 Å². The Morgan fingerprint density at radius 1 is 1.02 bits per heavy atom. The van der Waals surface area contributed by atoms with Crippen molar-refractivity contribution in [3.05, 3.63) is 87.9 Å². The molecule has 0 aliphatic rings. The Balaban J connectivity index is 1.34. The van der Waals surface area contributed by atoms with Crippen LogP contribution in [0, 0.1) is 25.2 Å². The van der Waals surface area contributed by atoms with E-state index in [2.05, 4.69) is 58.6 Å². The average Bonchev–Trinajstić information content (AvgIpc) is 3.07. The van der Waals surface area contributed by atoms with Gasteiger partial charge in [0.2, 0.25) is 5.95 Å². The summed E-state index contributed by atoms with van der Waals surface area (Å²) < 4.78 is 25.3. The number of nitrogens with zero attached hydrogens (tertiary/aromatic N) is 3. The van der Waals surface area contributed by atoms with Gasteiger partial charge in [-0.1, -0.05) is 18.2 Å². The predicted molar refractivity (Wildman–Crippen MR) is 198 cm³/mol. The van der Waals surface area contributed by atoms with Crippen LogP contribution in [0.15, 0.2) is 71.2 Å². The van der Waals surface area contributed by atoms with Gasteiger partial charge in [0.05, 0.1) is 23.8 Å². The minimum absolute atomic E-state index is 0.0325. The van der Waals surface area contributed by atoms with Crippen LogP contribution in [0.3, 0.4) is 0 Å². The number of urea groups is 1. The summed E-state index contributed by atoms with van der Waals surface area (Å²) in [5, 5.41) is 23.9. The van der Waals surface area contributed by atoms with Crippen molar-refractivity contribution in [2.45, 2.75) is 40.2 Å². The molecule has 0 spiro atoms. The van der Waals surface area contributed by atoms with Crippen molar-refractivity contribution < 1.29 is 23.2 Å². The number of amides is 2. The minimum atomic E-state index is -3.62. The third-order valence-corrected chi connectivity index (χ3v) is 9.98. The minimum Gasteiger partial charge on any atom is -0.424 e. The molecule has 0 saturated carbocycles. The zero-order chi connectivity index (χ0) is 36.3. The van der Waals surface area contributed by atoms with Crippen LogP contribution in [0.2, 0.25) is 0 Å². The number of halogens is 1. The van der Waals surface area contributed by atoms with Crippen LogP contribution in [-0.2, 0) is 13.9 Å². The third-order valence-electron chi connectivity index (χ3n) is 7.32. The van der Waals surface area contributed by atoms with Gasteiger partial charge in [-0.3, -0.25) is 14.6 Å². The topological polar surface area (TPSA) is 205 Å². The summed E-state index contributed by atoms with van der Waals surface area (Å²) in [5.74, 6) is 1.22. The number of hydrogen-bond donors (Lipinski definition) is 6. The van der Waals surface area contributed by atoms with E-state index in [0.717, 1.165) is 16.8 Å². The Hall–Kier alpha value is -5.00. The second-order valence-corrected chi connectivity index (χ2v) is 14.2. The second kappa shape index (κ2) is 17.6. The smallest absolute Gasteiger partial charge is 0.380 e. The molecule has 14 nitrogen and oxygen atoms in total. The highest BCUT2D eigenvalue weighted by Crippen LogP contribution is 2.48. The van der Waals surface area contributed by atoms with Gasteiger partial charge in [-0.2, -0.15) is 15.2 Å². The van der Waals surface area contributed by atoms with Crippen LogP contribution in [0.1, 0.15) is 37.0 Å². The highest BCUT2D eigenvalue weighted by Gasteiger charge is 2.26. The number of nitrogens with two attached hydrogens (primary N) is 1. The number of aryl methyl sites for hydroxylation is 2. The number of Topliss-reactive ketones (excluding diaryl/α,β-unsaturated/α-hetero) is 1. The molecule has 4 rings (SSSR count). The standard InChI is InChI=1S/C34H39BrN9O5P/c1-21-17-27(18-22(2)30(21)42-32-29(35)31(37)43-33(44-32)40-26-13-11-25(19-36)12-14-26)41-34(46)38-15-8-16-50(47,48-20-39-23(3)24(4)45)49-28-9-6-5-7-10-28/h5-7,9-14,17-18,23,39H,8,15-16,20H2,1-4H3,(H2,38,41,46)(H4,37,40,42,43,44)/t23-,50?/m0/s1. The first kappa shape index (κ1) is 37.8. The number of para-hydroxylation sites is 1. The van der Waals surface area contributed by atoms with E-state index >= 15 is 0 Å². The molecule has 0 radical (unpaired) electrons. The Morgan fingerprint density at radius 2 is 1.70 bits per heavy atom. The maximum atomic E-state index is 13.5. The Kier molecular flexibility index (Phi) is 13.3. The molecule has 2 amide bonds. The quantitative estimate of drug-likeness (QED) is 0.0383. The molecule has 262 valence electrons. The number of rotatable bonds is 16. The van der Waals surface area contributed by atoms with Crippen LogP contribution < -0.4 is 36.8 Å². The van der Waals surface area contributed by atoms with Crippen LogP contribution in [0.4, 0.5) is 39.4 Å². The third kappa shape index (κ3) is 11.0. The van der Waals surface area contributed by atoms with Crippen LogP contribution >= 0.6 is 23.5 Å². The lowest BCUT2D eigenvalue weighted by Gasteiger charge is -2.21. The Bertz CT molecular complexity index is 1880. The lowest BCUT2D eigenvalue weighted by molar-refractivity contribution is -0.118. The summed E-state index contributed by atoms with van der Waals surface area (Å²) in [6, 6.07) is 20.3. The van der Waals surface area contributed by atoms with Crippen molar-refractivity contribution >= 4 is 70.0 Å². The molecule has 7 N–H and O–H groups in total. The molecule has 1 aromatic heterocycles. The van der Waals surface area contributed by atoms with E-state index in [1.165, 1.54) is 6.92 Å². The van der Waals surface area contributed by atoms with Crippen LogP contribution in [0.5, 0.6) is 5.75 Å². The summed E-state index contributed by atoms with van der Waals surface area (Å²) in [5.41, 5.74) is 10.4. The molecule has 0 aliphatic carbocycles. The summed E-state index contributed by atoms with van der Waals surface area (Å²) in [6.07, 6.45) is 0.338. The van der Waals surface area contributed by atoms with Gasteiger partial charge in [-0.05, 0) is 110 Å².